The fourth-order valence-electron chi connectivity index (χ4n) is 0.871. The number of hydrogen-bond donors (Lipinski definition) is 1. The second-order valence-electron chi connectivity index (χ2n) is 2.30. The minimum absolute atomic E-state index is 0.342. The Morgan fingerprint density at radius 1 is 1.38 bits per heavy atom. The maximum atomic E-state index is 5.70. The van der Waals surface area contributed by atoms with Gasteiger partial charge in [-0.1, -0.05) is 0 Å². The van der Waals surface area contributed by atoms with Crippen LogP contribution in [0.3, 0.4) is 0 Å². The topological polar surface area (TPSA) is 73.5 Å². The van der Waals surface area contributed by atoms with Crippen LogP contribution in [0.1, 0.15) is 0 Å². The molecule has 1 rings (SSSR count). The molecule has 0 aliphatic rings. The molecule has 2 N–H and O–H groups in total. The van der Waals surface area contributed by atoms with Crippen LogP contribution in [0, 0.1) is 0 Å². The predicted molar refractivity (Wildman–Crippen MR) is 48.4 cm³/mol. The molecule has 0 spiro atoms. The highest BCUT2D eigenvalue weighted by atomic mass is 16.7. The first kappa shape index (κ1) is 9.53. The van der Waals surface area contributed by atoms with Gasteiger partial charge in [-0.15, -0.1) is 0 Å². The van der Waals surface area contributed by atoms with Crippen molar-refractivity contribution in [2.24, 2.45) is 0 Å². The van der Waals surface area contributed by atoms with E-state index in [0.29, 0.717) is 17.4 Å². The predicted octanol–water partition coefficient (Wildman–Crippen LogP) is 0.0650. The van der Waals surface area contributed by atoms with Crippen LogP contribution in [-0.4, -0.2) is 31.2 Å². The zero-order valence-corrected chi connectivity index (χ0v) is 7.81. The highest BCUT2D eigenvalue weighted by Crippen LogP contribution is 2.26. The molecule has 13 heavy (non-hydrogen) atoms. The molecule has 0 bridgehead atoms. The Bertz CT molecular complexity index is 292. The molecule has 0 saturated heterocycles. The molecule has 0 amide bonds. The number of hydroxylamine groups is 1. The summed E-state index contributed by atoms with van der Waals surface area (Å²) < 4.78 is 4.92. The van der Waals surface area contributed by atoms with Gasteiger partial charge in [-0.25, -0.2) is 10.0 Å². The summed E-state index contributed by atoms with van der Waals surface area (Å²) in [5.74, 6) is 0.822. The van der Waals surface area contributed by atoms with Crippen molar-refractivity contribution in [1.82, 2.24) is 9.97 Å². The van der Waals surface area contributed by atoms with Crippen molar-refractivity contribution in [2.75, 3.05) is 32.1 Å². The molecule has 1 heterocycles. The van der Waals surface area contributed by atoms with Gasteiger partial charge in [-0.05, 0) is 0 Å². The van der Waals surface area contributed by atoms with Crippen LogP contribution in [0.4, 0.5) is 11.5 Å². The van der Waals surface area contributed by atoms with Gasteiger partial charge in [-0.2, -0.15) is 4.98 Å². The van der Waals surface area contributed by atoms with E-state index in [9.17, 15) is 0 Å². The molecule has 0 saturated carbocycles. The lowest BCUT2D eigenvalue weighted by atomic mass is 10.4. The second kappa shape index (κ2) is 3.90. The Labute approximate surface area is 76.2 Å². The van der Waals surface area contributed by atoms with Crippen LogP contribution < -0.4 is 15.5 Å². The maximum absolute atomic E-state index is 5.70. The molecule has 0 radical (unpaired) electrons. The van der Waals surface area contributed by atoms with Gasteiger partial charge in [0, 0.05) is 7.05 Å². The number of rotatable bonds is 3. The standard InChI is InChI=1S/C7H12N4O2/c1-11(13-3)6-5(8)7(12-2)10-4-9-6/h4H,8H2,1-3H3. The molecule has 1 aromatic rings. The summed E-state index contributed by atoms with van der Waals surface area (Å²) in [5.41, 5.74) is 6.05. The van der Waals surface area contributed by atoms with E-state index >= 15 is 0 Å². The van der Waals surface area contributed by atoms with Crippen LogP contribution in [0.2, 0.25) is 0 Å². The first-order valence-electron chi connectivity index (χ1n) is 3.63. The lowest BCUT2D eigenvalue weighted by Gasteiger charge is -2.16. The zero-order chi connectivity index (χ0) is 9.84. The van der Waals surface area contributed by atoms with Crippen molar-refractivity contribution in [3.63, 3.8) is 0 Å². The molecule has 0 aliphatic carbocycles. The second-order valence-corrected chi connectivity index (χ2v) is 2.30. The molecular formula is C7H12N4O2. The lowest BCUT2D eigenvalue weighted by Crippen LogP contribution is -2.18. The summed E-state index contributed by atoms with van der Waals surface area (Å²) in [6.45, 7) is 0. The Kier molecular flexibility index (Phi) is 2.86. The number of methoxy groups -OCH3 is 1. The van der Waals surface area contributed by atoms with Gasteiger partial charge in [0.05, 0.1) is 14.2 Å². The lowest BCUT2D eigenvalue weighted by molar-refractivity contribution is 0.182. The quantitative estimate of drug-likeness (QED) is 0.670. The first-order chi connectivity index (χ1) is 6.20. The van der Waals surface area contributed by atoms with Gasteiger partial charge in [0.15, 0.2) is 5.82 Å². The highest BCUT2D eigenvalue weighted by molar-refractivity contribution is 5.66. The third kappa shape index (κ3) is 1.78. The van der Waals surface area contributed by atoms with Gasteiger partial charge in [0.1, 0.15) is 12.0 Å². The average Bonchev–Trinajstić information content (AvgIpc) is 2.17. The summed E-state index contributed by atoms with van der Waals surface area (Å²) in [6, 6.07) is 0. The van der Waals surface area contributed by atoms with Crippen molar-refractivity contribution >= 4 is 11.5 Å². The monoisotopic (exact) mass is 184 g/mol. The highest BCUT2D eigenvalue weighted by Gasteiger charge is 2.11. The van der Waals surface area contributed by atoms with E-state index in [0.717, 1.165) is 0 Å². The van der Waals surface area contributed by atoms with Gasteiger partial charge >= 0.3 is 0 Å². The Morgan fingerprint density at radius 2 is 2.08 bits per heavy atom. The third-order valence-corrected chi connectivity index (χ3v) is 1.59. The van der Waals surface area contributed by atoms with Crippen LogP contribution in [-0.2, 0) is 4.84 Å². The number of hydrogen-bond acceptors (Lipinski definition) is 6. The number of nitrogen functional groups attached to an aromatic ring is 1. The molecule has 72 valence electrons. The van der Waals surface area contributed by atoms with Crippen molar-refractivity contribution < 1.29 is 9.57 Å². The van der Waals surface area contributed by atoms with Crippen molar-refractivity contribution in [2.45, 2.75) is 0 Å². The van der Waals surface area contributed by atoms with Gasteiger partial charge in [0.25, 0.3) is 0 Å². The molecule has 0 atom stereocenters. The smallest absolute Gasteiger partial charge is 0.242 e. The number of anilines is 2. The Morgan fingerprint density at radius 3 is 2.62 bits per heavy atom. The van der Waals surface area contributed by atoms with Crippen LogP contribution in [0.5, 0.6) is 5.88 Å². The Hall–Kier alpha value is -1.56. The van der Waals surface area contributed by atoms with E-state index in [1.165, 1.54) is 25.6 Å². The van der Waals surface area contributed by atoms with E-state index in [1.807, 2.05) is 0 Å². The minimum atomic E-state index is 0.342. The van der Waals surface area contributed by atoms with Gasteiger partial charge < -0.3 is 10.5 Å². The van der Waals surface area contributed by atoms with Crippen LogP contribution in [0.15, 0.2) is 6.33 Å². The summed E-state index contributed by atoms with van der Waals surface area (Å²) in [7, 11) is 4.71. The molecule has 0 aromatic carbocycles. The number of nitrogens with two attached hydrogens (primary N) is 1. The molecule has 6 heteroatoms. The van der Waals surface area contributed by atoms with E-state index in [4.69, 9.17) is 15.3 Å². The number of ether oxygens (including phenoxy) is 1. The summed E-state index contributed by atoms with van der Waals surface area (Å²) in [5, 5.41) is 1.43. The van der Waals surface area contributed by atoms with Gasteiger partial charge in [0.2, 0.25) is 5.88 Å². The van der Waals surface area contributed by atoms with Crippen LogP contribution >= 0.6 is 0 Å². The average molecular weight is 184 g/mol. The summed E-state index contributed by atoms with van der Waals surface area (Å²) in [6.07, 6.45) is 1.36. The molecule has 0 aliphatic heterocycles. The largest absolute Gasteiger partial charge is 0.479 e. The normalized spacial score (nSPS) is 9.77. The SMILES string of the molecule is COc1ncnc(N(C)OC)c1N. The van der Waals surface area contributed by atoms with Crippen molar-refractivity contribution in [3.05, 3.63) is 6.33 Å². The third-order valence-electron chi connectivity index (χ3n) is 1.59. The van der Waals surface area contributed by atoms with E-state index in [-0.39, 0.29) is 0 Å². The first-order valence-corrected chi connectivity index (χ1v) is 3.63. The summed E-state index contributed by atoms with van der Waals surface area (Å²) >= 11 is 0. The minimum Gasteiger partial charge on any atom is -0.479 e. The number of nitrogens with zero attached hydrogens (tertiary/aromatic N) is 3. The van der Waals surface area contributed by atoms with Crippen LogP contribution in [0.25, 0.3) is 0 Å². The van der Waals surface area contributed by atoms with Crippen molar-refractivity contribution in [1.29, 1.82) is 0 Å². The van der Waals surface area contributed by atoms with E-state index < -0.39 is 0 Å². The fraction of sp³-hybridized carbons (Fsp3) is 0.429. The van der Waals surface area contributed by atoms with E-state index in [1.54, 1.807) is 7.05 Å². The molecule has 1 aromatic heterocycles. The maximum Gasteiger partial charge on any atom is 0.242 e. The molecule has 0 fully saturated rings. The fourth-order valence-corrected chi connectivity index (χ4v) is 0.871. The summed E-state index contributed by atoms with van der Waals surface area (Å²) in [4.78, 5) is 12.7. The molecule has 0 unspecified atom stereocenters. The molecule has 6 nitrogen and oxygen atoms in total. The van der Waals surface area contributed by atoms with Crippen molar-refractivity contribution in [3.8, 4) is 5.88 Å². The molecular weight excluding hydrogens is 172 g/mol. The number of aromatic nitrogens is 2. The van der Waals surface area contributed by atoms with E-state index in [2.05, 4.69) is 9.97 Å². The Balaban J connectivity index is 3.08. The zero-order valence-electron chi connectivity index (χ0n) is 7.81. The van der Waals surface area contributed by atoms with Gasteiger partial charge in [-0.3, -0.25) is 4.84 Å².